The predicted molar refractivity (Wildman–Crippen MR) is 69.0 cm³/mol. The summed E-state index contributed by atoms with van der Waals surface area (Å²) in [6.07, 6.45) is 1.89. The number of sulfonamides is 1. The quantitative estimate of drug-likeness (QED) is 0.799. The van der Waals surface area contributed by atoms with Gasteiger partial charge in [-0.25, -0.2) is 17.5 Å². The highest BCUT2D eigenvalue weighted by molar-refractivity contribution is 7.98. The number of benzene rings is 1. The Morgan fingerprint density at radius 3 is 2.71 bits per heavy atom. The number of rotatable bonds is 5. The van der Waals surface area contributed by atoms with E-state index in [9.17, 15) is 12.8 Å². The van der Waals surface area contributed by atoms with Crippen LogP contribution in [0, 0.1) is 5.82 Å². The predicted octanol–water partition coefficient (Wildman–Crippen LogP) is 1.44. The molecule has 4 nitrogen and oxygen atoms in total. The van der Waals surface area contributed by atoms with Crippen LogP contribution in [0.2, 0.25) is 0 Å². The smallest absolute Gasteiger partial charge is 0.240 e. The molecule has 0 aromatic heterocycles. The maximum Gasteiger partial charge on any atom is 0.240 e. The zero-order valence-corrected chi connectivity index (χ0v) is 11.2. The van der Waals surface area contributed by atoms with Gasteiger partial charge < -0.3 is 5.73 Å². The topological polar surface area (TPSA) is 72.2 Å². The first kappa shape index (κ1) is 14.3. The Balaban J connectivity index is 2.93. The third kappa shape index (κ3) is 3.86. The van der Waals surface area contributed by atoms with Gasteiger partial charge in [0.25, 0.3) is 0 Å². The van der Waals surface area contributed by atoms with Crippen molar-refractivity contribution in [3.63, 3.8) is 0 Å². The lowest BCUT2D eigenvalue weighted by Crippen LogP contribution is -2.34. The zero-order valence-electron chi connectivity index (χ0n) is 9.60. The fraction of sp³-hybridized carbons (Fsp3) is 0.400. The van der Waals surface area contributed by atoms with Gasteiger partial charge in [0.05, 0.1) is 10.6 Å². The number of halogens is 1. The summed E-state index contributed by atoms with van der Waals surface area (Å²) < 4.78 is 39.2. The van der Waals surface area contributed by atoms with Crippen molar-refractivity contribution in [3.05, 3.63) is 24.0 Å². The highest BCUT2D eigenvalue weighted by atomic mass is 32.2. The van der Waals surface area contributed by atoms with Crippen molar-refractivity contribution in [2.75, 3.05) is 17.7 Å². The lowest BCUT2D eigenvalue weighted by molar-refractivity contribution is 0.570. The number of nitrogens with two attached hydrogens (primary N) is 1. The SMILES string of the molecule is CSCC(C)NS(=O)(=O)c1ccc(F)c(N)c1. The highest BCUT2D eigenvalue weighted by Gasteiger charge is 2.18. The first-order chi connectivity index (χ1) is 7.86. The number of hydrogen-bond donors (Lipinski definition) is 2. The maximum atomic E-state index is 12.9. The molecule has 96 valence electrons. The van der Waals surface area contributed by atoms with Crippen LogP contribution in [0.5, 0.6) is 0 Å². The molecule has 0 spiro atoms. The summed E-state index contributed by atoms with van der Waals surface area (Å²) in [7, 11) is -3.63. The summed E-state index contributed by atoms with van der Waals surface area (Å²) in [6, 6.07) is 3.16. The van der Waals surface area contributed by atoms with Gasteiger partial charge in [0.15, 0.2) is 0 Å². The average Bonchev–Trinajstić information content (AvgIpc) is 2.21. The molecule has 0 heterocycles. The normalized spacial score (nSPS) is 13.6. The molecule has 0 aliphatic carbocycles. The van der Waals surface area contributed by atoms with Gasteiger partial charge in [-0.05, 0) is 31.4 Å². The molecule has 7 heteroatoms. The van der Waals surface area contributed by atoms with E-state index in [0.29, 0.717) is 5.75 Å². The minimum Gasteiger partial charge on any atom is -0.396 e. The molecule has 1 aromatic carbocycles. The molecule has 0 saturated carbocycles. The Bertz CT molecular complexity index is 491. The monoisotopic (exact) mass is 278 g/mol. The van der Waals surface area contributed by atoms with E-state index in [1.165, 1.54) is 17.8 Å². The fourth-order valence-corrected chi connectivity index (χ4v) is 3.27. The number of anilines is 1. The van der Waals surface area contributed by atoms with E-state index in [1.54, 1.807) is 6.92 Å². The molecule has 0 aliphatic rings. The molecule has 0 amide bonds. The molecule has 1 rings (SSSR count). The van der Waals surface area contributed by atoms with Crippen molar-refractivity contribution < 1.29 is 12.8 Å². The average molecular weight is 278 g/mol. The summed E-state index contributed by atoms with van der Waals surface area (Å²) in [6.45, 7) is 1.76. The van der Waals surface area contributed by atoms with Crippen LogP contribution in [0.1, 0.15) is 6.92 Å². The minimum atomic E-state index is -3.63. The van der Waals surface area contributed by atoms with Crippen molar-refractivity contribution in [1.29, 1.82) is 0 Å². The Hall–Kier alpha value is -0.790. The van der Waals surface area contributed by atoms with Gasteiger partial charge in [-0.15, -0.1) is 0 Å². The van der Waals surface area contributed by atoms with Crippen LogP contribution in [0.4, 0.5) is 10.1 Å². The van der Waals surface area contributed by atoms with Crippen molar-refractivity contribution in [2.24, 2.45) is 0 Å². The molecular formula is C10H15FN2O2S2. The molecule has 1 aromatic rings. The van der Waals surface area contributed by atoms with E-state index in [-0.39, 0.29) is 16.6 Å². The molecule has 0 fully saturated rings. The number of thioether (sulfide) groups is 1. The summed E-state index contributed by atoms with van der Waals surface area (Å²) in [5, 5.41) is 0. The Kier molecular flexibility index (Phi) is 4.79. The Morgan fingerprint density at radius 1 is 1.53 bits per heavy atom. The van der Waals surface area contributed by atoms with Gasteiger partial charge in [0, 0.05) is 11.8 Å². The zero-order chi connectivity index (χ0) is 13.1. The second-order valence-corrected chi connectivity index (χ2v) is 6.29. The lowest BCUT2D eigenvalue weighted by Gasteiger charge is -2.13. The summed E-state index contributed by atoms with van der Waals surface area (Å²) >= 11 is 1.54. The summed E-state index contributed by atoms with van der Waals surface area (Å²) in [5.74, 6) is 0.0386. The van der Waals surface area contributed by atoms with Gasteiger partial charge in [-0.1, -0.05) is 0 Å². The maximum absolute atomic E-state index is 12.9. The van der Waals surface area contributed by atoms with Crippen molar-refractivity contribution >= 4 is 27.5 Å². The minimum absolute atomic E-state index is 0.0237. The first-order valence-corrected chi connectivity index (χ1v) is 7.81. The third-order valence-corrected chi connectivity index (χ3v) is 4.47. The Morgan fingerprint density at radius 2 is 2.18 bits per heavy atom. The van der Waals surface area contributed by atoms with Gasteiger partial charge in [0.1, 0.15) is 5.82 Å². The third-order valence-electron chi connectivity index (χ3n) is 2.05. The lowest BCUT2D eigenvalue weighted by atomic mass is 10.3. The van der Waals surface area contributed by atoms with E-state index in [2.05, 4.69) is 4.72 Å². The molecular weight excluding hydrogens is 263 g/mol. The fourth-order valence-electron chi connectivity index (χ4n) is 1.31. The van der Waals surface area contributed by atoms with E-state index in [0.717, 1.165) is 12.1 Å². The van der Waals surface area contributed by atoms with Gasteiger partial charge in [0.2, 0.25) is 10.0 Å². The van der Waals surface area contributed by atoms with Crippen molar-refractivity contribution in [3.8, 4) is 0 Å². The molecule has 0 bridgehead atoms. The van der Waals surface area contributed by atoms with Crippen LogP contribution in [0.15, 0.2) is 23.1 Å². The highest BCUT2D eigenvalue weighted by Crippen LogP contribution is 2.17. The molecule has 0 aliphatic heterocycles. The second-order valence-electron chi connectivity index (χ2n) is 3.66. The summed E-state index contributed by atoms with van der Waals surface area (Å²) in [4.78, 5) is -0.0237. The second kappa shape index (κ2) is 5.70. The van der Waals surface area contributed by atoms with E-state index in [1.807, 2.05) is 6.26 Å². The van der Waals surface area contributed by atoms with Crippen LogP contribution in [0.25, 0.3) is 0 Å². The molecule has 17 heavy (non-hydrogen) atoms. The van der Waals surface area contributed by atoms with E-state index < -0.39 is 15.8 Å². The van der Waals surface area contributed by atoms with Crippen LogP contribution in [0.3, 0.4) is 0 Å². The molecule has 1 atom stereocenters. The van der Waals surface area contributed by atoms with Crippen LogP contribution in [-0.4, -0.2) is 26.5 Å². The molecule has 3 N–H and O–H groups in total. The van der Waals surface area contributed by atoms with E-state index in [4.69, 9.17) is 5.73 Å². The number of nitrogen functional groups attached to an aromatic ring is 1. The number of nitrogens with one attached hydrogen (secondary N) is 1. The van der Waals surface area contributed by atoms with Gasteiger partial charge in [-0.3, -0.25) is 0 Å². The molecule has 0 saturated heterocycles. The Labute approximate surface area is 105 Å². The van der Waals surface area contributed by atoms with Gasteiger partial charge >= 0.3 is 0 Å². The van der Waals surface area contributed by atoms with Gasteiger partial charge in [-0.2, -0.15) is 11.8 Å². The standard InChI is InChI=1S/C10H15FN2O2S2/c1-7(6-16-2)13-17(14,15)8-3-4-9(11)10(12)5-8/h3-5,7,13H,6,12H2,1-2H3. The molecule has 0 radical (unpaired) electrons. The summed E-state index contributed by atoms with van der Waals surface area (Å²) in [5.41, 5.74) is 5.16. The van der Waals surface area contributed by atoms with Crippen LogP contribution < -0.4 is 10.5 Å². The van der Waals surface area contributed by atoms with Crippen molar-refractivity contribution in [2.45, 2.75) is 17.9 Å². The largest absolute Gasteiger partial charge is 0.396 e. The first-order valence-electron chi connectivity index (χ1n) is 4.93. The van der Waals surface area contributed by atoms with Crippen LogP contribution in [-0.2, 0) is 10.0 Å². The number of hydrogen-bond acceptors (Lipinski definition) is 4. The van der Waals surface area contributed by atoms with Crippen LogP contribution >= 0.6 is 11.8 Å². The van der Waals surface area contributed by atoms with E-state index >= 15 is 0 Å². The van der Waals surface area contributed by atoms with Crippen molar-refractivity contribution in [1.82, 2.24) is 4.72 Å². The molecule has 1 unspecified atom stereocenters.